The van der Waals surface area contributed by atoms with Crippen LogP contribution in [0.5, 0.6) is 0 Å². The molecule has 0 atom stereocenters. The predicted molar refractivity (Wildman–Crippen MR) is 69.0 cm³/mol. The largest absolute Gasteiger partial charge is 0.384 e. The van der Waals surface area contributed by atoms with Crippen molar-refractivity contribution in [3.8, 4) is 11.8 Å². The number of aliphatic hydroxyl groups is 1. The average molecular weight is 261 g/mol. The topological polar surface area (TPSA) is 96.5 Å². The van der Waals surface area contributed by atoms with Gasteiger partial charge in [-0.3, -0.25) is 14.6 Å². The van der Waals surface area contributed by atoms with E-state index in [0.29, 0.717) is 17.7 Å². The van der Waals surface area contributed by atoms with E-state index in [-0.39, 0.29) is 19.1 Å². The van der Waals surface area contributed by atoms with Gasteiger partial charge in [-0.1, -0.05) is 11.8 Å². The lowest BCUT2D eigenvalue weighted by Gasteiger charge is -2.19. The molecule has 3 N–H and O–H groups in total. The number of aliphatic hydroxyl groups excluding tert-OH is 1. The van der Waals surface area contributed by atoms with E-state index >= 15 is 0 Å². The number of rotatable bonds is 4. The highest BCUT2D eigenvalue weighted by molar-refractivity contribution is 5.98. The molecule has 6 nitrogen and oxygen atoms in total. The Labute approximate surface area is 111 Å². The summed E-state index contributed by atoms with van der Waals surface area (Å²) >= 11 is 0. The monoisotopic (exact) mass is 261 g/mol. The van der Waals surface area contributed by atoms with Gasteiger partial charge >= 0.3 is 0 Å². The molecule has 0 saturated carbocycles. The van der Waals surface area contributed by atoms with Crippen LogP contribution in [0.15, 0.2) is 18.5 Å². The molecular weight excluding hydrogens is 246 g/mol. The second-order valence-corrected chi connectivity index (χ2v) is 3.67. The molecule has 1 rings (SSSR count). The van der Waals surface area contributed by atoms with Crippen molar-refractivity contribution in [1.82, 2.24) is 9.88 Å². The molecule has 0 aromatic carbocycles. The molecule has 0 fully saturated rings. The first-order chi connectivity index (χ1) is 9.10. The molecule has 100 valence electrons. The van der Waals surface area contributed by atoms with Gasteiger partial charge in [-0.15, -0.1) is 0 Å². The van der Waals surface area contributed by atoms with Crippen molar-refractivity contribution in [2.24, 2.45) is 5.73 Å². The number of likely N-dealkylation sites (N-methyl/N-ethyl adjacent to an activating group) is 1. The summed E-state index contributed by atoms with van der Waals surface area (Å²) < 4.78 is 0. The van der Waals surface area contributed by atoms with Gasteiger partial charge in [0, 0.05) is 18.9 Å². The molecule has 0 unspecified atom stereocenters. The lowest BCUT2D eigenvalue weighted by Crippen LogP contribution is -2.38. The first-order valence-electron chi connectivity index (χ1n) is 5.71. The van der Waals surface area contributed by atoms with Crippen LogP contribution in [-0.4, -0.2) is 46.5 Å². The highest BCUT2D eigenvalue weighted by Gasteiger charge is 2.18. The van der Waals surface area contributed by atoms with E-state index < -0.39 is 5.91 Å². The zero-order chi connectivity index (χ0) is 14.3. The lowest BCUT2D eigenvalue weighted by atomic mass is 10.1. The minimum absolute atomic E-state index is 0.148. The summed E-state index contributed by atoms with van der Waals surface area (Å²) in [5.41, 5.74) is 5.84. The summed E-state index contributed by atoms with van der Waals surface area (Å²) in [5.74, 6) is 4.19. The van der Waals surface area contributed by atoms with Gasteiger partial charge in [0.1, 0.15) is 6.61 Å². The lowest BCUT2D eigenvalue weighted by molar-refractivity contribution is -0.118. The van der Waals surface area contributed by atoms with E-state index in [0.717, 1.165) is 0 Å². The highest BCUT2D eigenvalue weighted by Crippen LogP contribution is 2.09. The second-order valence-electron chi connectivity index (χ2n) is 3.67. The smallest absolute Gasteiger partial charge is 0.255 e. The van der Waals surface area contributed by atoms with Gasteiger partial charge in [0.2, 0.25) is 5.91 Å². The van der Waals surface area contributed by atoms with E-state index in [4.69, 9.17) is 10.8 Å². The molecule has 19 heavy (non-hydrogen) atoms. The van der Waals surface area contributed by atoms with E-state index in [9.17, 15) is 9.59 Å². The van der Waals surface area contributed by atoms with Crippen molar-refractivity contribution in [1.29, 1.82) is 0 Å². The molecule has 6 heteroatoms. The summed E-state index contributed by atoms with van der Waals surface area (Å²) in [5, 5.41) is 8.68. The maximum absolute atomic E-state index is 12.3. The Kier molecular flexibility index (Phi) is 5.51. The molecule has 1 aromatic heterocycles. The molecular formula is C13H15N3O3. The zero-order valence-corrected chi connectivity index (χ0v) is 10.6. The van der Waals surface area contributed by atoms with Gasteiger partial charge in [0.05, 0.1) is 17.7 Å². The third kappa shape index (κ3) is 4.08. The van der Waals surface area contributed by atoms with Crippen molar-refractivity contribution in [3.05, 3.63) is 29.6 Å². The van der Waals surface area contributed by atoms with E-state index in [2.05, 4.69) is 16.8 Å². The number of hydrogen-bond donors (Lipinski definition) is 2. The Hall–Kier alpha value is -2.39. The van der Waals surface area contributed by atoms with Crippen molar-refractivity contribution in [2.75, 3.05) is 19.7 Å². The Bertz CT molecular complexity index is 531. The molecule has 0 radical (unpaired) electrons. The van der Waals surface area contributed by atoms with Crippen LogP contribution in [0.4, 0.5) is 0 Å². The third-order valence-corrected chi connectivity index (χ3v) is 2.37. The molecule has 0 aliphatic carbocycles. The van der Waals surface area contributed by atoms with Crippen LogP contribution in [0.25, 0.3) is 0 Å². The standard InChI is InChI=1S/C13H15N3O3/c1-2-16(9-12(14)18)13(19)11-5-6-15-8-10(11)4-3-7-17/h5-6,8,17H,2,7,9H2,1H3,(H2,14,18). The van der Waals surface area contributed by atoms with Crippen LogP contribution in [0, 0.1) is 11.8 Å². The second kappa shape index (κ2) is 7.13. The van der Waals surface area contributed by atoms with E-state index in [1.807, 2.05) is 0 Å². The van der Waals surface area contributed by atoms with E-state index in [1.165, 1.54) is 23.4 Å². The number of primary amides is 1. The Morgan fingerprint density at radius 2 is 2.26 bits per heavy atom. The fourth-order valence-electron chi connectivity index (χ4n) is 1.50. The molecule has 0 aliphatic heterocycles. The molecule has 1 heterocycles. The molecule has 1 aromatic rings. The molecule has 0 saturated heterocycles. The third-order valence-electron chi connectivity index (χ3n) is 2.37. The van der Waals surface area contributed by atoms with Gasteiger partial charge in [0.25, 0.3) is 5.91 Å². The molecule has 0 aliphatic rings. The number of amides is 2. The fourth-order valence-corrected chi connectivity index (χ4v) is 1.50. The Morgan fingerprint density at radius 1 is 1.53 bits per heavy atom. The number of nitrogens with two attached hydrogens (primary N) is 1. The summed E-state index contributed by atoms with van der Waals surface area (Å²) in [7, 11) is 0. The Balaban J connectivity index is 3.07. The number of pyridine rings is 1. The fraction of sp³-hybridized carbons (Fsp3) is 0.308. The van der Waals surface area contributed by atoms with Crippen molar-refractivity contribution < 1.29 is 14.7 Å². The van der Waals surface area contributed by atoms with Crippen LogP contribution < -0.4 is 5.73 Å². The van der Waals surface area contributed by atoms with E-state index in [1.54, 1.807) is 6.92 Å². The van der Waals surface area contributed by atoms with Gasteiger partial charge in [-0.05, 0) is 13.0 Å². The zero-order valence-electron chi connectivity index (χ0n) is 10.6. The van der Waals surface area contributed by atoms with Crippen LogP contribution in [0.1, 0.15) is 22.8 Å². The highest BCUT2D eigenvalue weighted by atomic mass is 16.2. The Morgan fingerprint density at radius 3 is 2.84 bits per heavy atom. The van der Waals surface area contributed by atoms with Gasteiger partial charge in [0.15, 0.2) is 0 Å². The summed E-state index contributed by atoms with van der Waals surface area (Å²) in [6.45, 7) is 1.66. The summed E-state index contributed by atoms with van der Waals surface area (Å²) in [6, 6.07) is 1.52. The number of carbonyl (C=O) groups is 2. The van der Waals surface area contributed by atoms with Gasteiger partial charge in [-0.25, -0.2) is 0 Å². The average Bonchev–Trinajstić information content (AvgIpc) is 2.41. The minimum Gasteiger partial charge on any atom is -0.384 e. The van der Waals surface area contributed by atoms with Crippen molar-refractivity contribution in [3.63, 3.8) is 0 Å². The number of hydrogen-bond acceptors (Lipinski definition) is 4. The maximum atomic E-state index is 12.3. The SMILES string of the molecule is CCN(CC(N)=O)C(=O)c1ccncc1C#CCO. The maximum Gasteiger partial charge on any atom is 0.255 e. The molecule has 0 spiro atoms. The van der Waals surface area contributed by atoms with Crippen molar-refractivity contribution in [2.45, 2.75) is 6.92 Å². The molecule has 2 amide bonds. The number of carbonyl (C=O) groups excluding carboxylic acids is 2. The van der Waals surface area contributed by atoms with Gasteiger partial charge in [-0.2, -0.15) is 0 Å². The quantitative estimate of drug-likeness (QED) is 0.705. The normalized spacial score (nSPS) is 9.37. The summed E-state index contributed by atoms with van der Waals surface area (Å²) in [6.07, 6.45) is 2.91. The van der Waals surface area contributed by atoms with Crippen LogP contribution >= 0.6 is 0 Å². The first kappa shape index (κ1) is 14.7. The first-order valence-corrected chi connectivity index (χ1v) is 5.71. The van der Waals surface area contributed by atoms with Gasteiger partial charge < -0.3 is 15.7 Å². The number of aromatic nitrogens is 1. The minimum atomic E-state index is -0.577. The number of nitrogens with zero attached hydrogens (tertiary/aromatic N) is 2. The van der Waals surface area contributed by atoms with Crippen molar-refractivity contribution >= 4 is 11.8 Å². The predicted octanol–water partition coefficient (Wildman–Crippen LogP) is -0.627. The summed E-state index contributed by atoms with van der Waals surface area (Å²) in [4.78, 5) is 28.4. The van der Waals surface area contributed by atoms with Crippen LogP contribution in [-0.2, 0) is 4.79 Å². The molecule has 0 bridgehead atoms. The van der Waals surface area contributed by atoms with Crippen LogP contribution in [0.3, 0.4) is 0 Å². The van der Waals surface area contributed by atoms with Crippen LogP contribution in [0.2, 0.25) is 0 Å².